The van der Waals surface area contributed by atoms with Crippen molar-refractivity contribution in [2.45, 2.75) is 18.2 Å². The van der Waals surface area contributed by atoms with Crippen LogP contribution in [0, 0.1) is 0 Å². The minimum absolute atomic E-state index is 0.0868. The van der Waals surface area contributed by atoms with Crippen LogP contribution in [-0.2, 0) is 17.9 Å². The molecule has 4 aromatic rings. The molecule has 31 heavy (non-hydrogen) atoms. The summed E-state index contributed by atoms with van der Waals surface area (Å²) in [6, 6.07) is 15.1. The van der Waals surface area contributed by atoms with Crippen LogP contribution < -0.4 is 10.1 Å². The maximum absolute atomic E-state index is 12.4. The van der Waals surface area contributed by atoms with Gasteiger partial charge in [0.1, 0.15) is 11.5 Å². The molecule has 0 aliphatic carbocycles. The van der Waals surface area contributed by atoms with Crippen LogP contribution in [0.4, 0.5) is 0 Å². The molecule has 4 rings (SSSR count). The average Bonchev–Trinajstić information content (AvgIpc) is 3.47. The Kier molecular flexibility index (Phi) is 6.63. The fraction of sp³-hybridized carbons (Fsp3) is 0.182. The SMILES string of the molecule is COc1ccc(CNC(=O)CSc2nnc(-c3cccnc3)n2Cc2ccco2)cc1. The van der Waals surface area contributed by atoms with Crippen molar-refractivity contribution in [3.8, 4) is 17.1 Å². The number of methoxy groups -OCH3 is 1. The van der Waals surface area contributed by atoms with Gasteiger partial charge in [-0.15, -0.1) is 10.2 Å². The molecule has 3 heterocycles. The third-order valence-corrected chi connectivity index (χ3v) is 5.48. The second kappa shape index (κ2) is 9.94. The van der Waals surface area contributed by atoms with Gasteiger partial charge in [0.05, 0.1) is 25.7 Å². The monoisotopic (exact) mass is 435 g/mol. The van der Waals surface area contributed by atoms with E-state index in [0.29, 0.717) is 24.1 Å². The van der Waals surface area contributed by atoms with E-state index in [2.05, 4.69) is 20.5 Å². The van der Waals surface area contributed by atoms with Gasteiger partial charge >= 0.3 is 0 Å². The molecule has 0 saturated heterocycles. The highest BCUT2D eigenvalue weighted by Gasteiger charge is 2.17. The molecule has 0 unspecified atom stereocenters. The van der Waals surface area contributed by atoms with Crippen LogP contribution >= 0.6 is 11.8 Å². The van der Waals surface area contributed by atoms with Crippen molar-refractivity contribution in [3.63, 3.8) is 0 Å². The number of thioether (sulfide) groups is 1. The van der Waals surface area contributed by atoms with Crippen LogP contribution in [0.15, 0.2) is 76.8 Å². The van der Waals surface area contributed by atoms with Gasteiger partial charge in [-0.05, 0) is 42.0 Å². The van der Waals surface area contributed by atoms with Crippen molar-refractivity contribution in [1.82, 2.24) is 25.1 Å². The third kappa shape index (κ3) is 5.32. The van der Waals surface area contributed by atoms with Crippen LogP contribution in [0.2, 0.25) is 0 Å². The summed E-state index contributed by atoms with van der Waals surface area (Å²) in [5.74, 6) is 2.36. The Morgan fingerprint density at radius 2 is 2.03 bits per heavy atom. The van der Waals surface area contributed by atoms with E-state index in [9.17, 15) is 4.79 Å². The van der Waals surface area contributed by atoms with E-state index >= 15 is 0 Å². The fourth-order valence-electron chi connectivity index (χ4n) is 2.93. The minimum Gasteiger partial charge on any atom is -0.497 e. The van der Waals surface area contributed by atoms with Crippen LogP contribution in [0.3, 0.4) is 0 Å². The summed E-state index contributed by atoms with van der Waals surface area (Å²) in [5, 5.41) is 12.2. The lowest BCUT2D eigenvalue weighted by molar-refractivity contribution is -0.118. The van der Waals surface area contributed by atoms with E-state index in [0.717, 1.165) is 22.6 Å². The maximum Gasteiger partial charge on any atom is 0.230 e. The molecule has 9 heteroatoms. The van der Waals surface area contributed by atoms with Crippen molar-refractivity contribution < 1.29 is 13.9 Å². The zero-order valence-electron chi connectivity index (χ0n) is 16.9. The van der Waals surface area contributed by atoms with Gasteiger partial charge in [-0.25, -0.2) is 0 Å². The van der Waals surface area contributed by atoms with E-state index in [4.69, 9.17) is 9.15 Å². The van der Waals surface area contributed by atoms with Crippen LogP contribution in [0.25, 0.3) is 11.4 Å². The molecule has 1 aromatic carbocycles. The molecule has 0 spiro atoms. The molecule has 0 aliphatic rings. The summed E-state index contributed by atoms with van der Waals surface area (Å²) >= 11 is 1.33. The van der Waals surface area contributed by atoms with E-state index in [1.807, 2.05) is 53.1 Å². The van der Waals surface area contributed by atoms with Gasteiger partial charge in [0.25, 0.3) is 0 Å². The largest absolute Gasteiger partial charge is 0.497 e. The molecule has 1 amide bonds. The number of carbonyl (C=O) groups is 1. The Labute approximate surface area is 183 Å². The first kappa shape index (κ1) is 20.7. The highest BCUT2D eigenvalue weighted by molar-refractivity contribution is 7.99. The molecular formula is C22H21N5O3S. The lowest BCUT2D eigenvalue weighted by Gasteiger charge is -2.09. The van der Waals surface area contributed by atoms with Crippen molar-refractivity contribution in [2.24, 2.45) is 0 Å². The number of hydrogen-bond acceptors (Lipinski definition) is 7. The summed E-state index contributed by atoms with van der Waals surface area (Å²) in [6.07, 6.45) is 5.07. The number of aromatic nitrogens is 4. The summed E-state index contributed by atoms with van der Waals surface area (Å²) in [7, 11) is 1.62. The standard InChI is InChI=1S/C22H21N5O3S/c1-29-18-8-6-16(7-9-18)12-24-20(28)15-31-22-26-25-21(17-4-2-10-23-13-17)27(22)14-19-5-3-11-30-19/h2-11,13H,12,14-15H2,1H3,(H,24,28). The predicted molar refractivity (Wildman–Crippen MR) is 117 cm³/mol. The van der Waals surface area contributed by atoms with Gasteiger partial charge in [0, 0.05) is 24.5 Å². The summed E-state index contributed by atoms with van der Waals surface area (Å²) < 4.78 is 12.6. The summed E-state index contributed by atoms with van der Waals surface area (Å²) in [5.41, 5.74) is 1.84. The Morgan fingerprint density at radius 3 is 2.74 bits per heavy atom. The normalized spacial score (nSPS) is 10.7. The van der Waals surface area contributed by atoms with Gasteiger partial charge in [0.15, 0.2) is 11.0 Å². The molecule has 158 valence electrons. The molecule has 0 atom stereocenters. The maximum atomic E-state index is 12.4. The molecule has 8 nitrogen and oxygen atoms in total. The van der Waals surface area contributed by atoms with Gasteiger partial charge in [-0.1, -0.05) is 23.9 Å². The Bertz CT molecular complexity index is 1110. The number of amides is 1. The zero-order valence-corrected chi connectivity index (χ0v) is 17.7. The first-order valence-electron chi connectivity index (χ1n) is 9.61. The Hall–Kier alpha value is -3.59. The summed E-state index contributed by atoms with van der Waals surface area (Å²) in [4.78, 5) is 16.5. The number of furan rings is 1. The Morgan fingerprint density at radius 1 is 1.16 bits per heavy atom. The fourth-order valence-corrected chi connectivity index (χ4v) is 3.70. The third-order valence-electron chi connectivity index (χ3n) is 4.51. The predicted octanol–water partition coefficient (Wildman–Crippen LogP) is 3.40. The van der Waals surface area contributed by atoms with Crippen molar-refractivity contribution >= 4 is 17.7 Å². The van der Waals surface area contributed by atoms with E-state index in [1.54, 1.807) is 25.8 Å². The lowest BCUT2D eigenvalue weighted by Crippen LogP contribution is -2.24. The van der Waals surface area contributed by atoms with Crippen molar-refractivity contribution in [1.29, 1.82) is 0 Å². The van der Waals surface area contributed by atoms with Crippen LogP contribution in [-0.4, -0.2) is 38.5 Å². The first-order chi connectivity index (χ1) is 15.2. The number of benzene rings is 1. The van der Waals surface area contributed by atoms with Gasteiger partial charge in [-0.3, -0.25) is 14.3 Å². The molecule has 0 bridgehead atoms. The van der Waals surface area contributed by atoms with Crippen molar-refractivity contribution in [2.75, 3.05) is 12.9 Å². The molecular weight excluding hydrogens is 414 g/mol. The zero-order chi connectivity index (χ0) is 21.5. The molecule has 0 radical (unpaired) electrons. The number of ether oxygens (including phenoxy) is 1. The number of nitrogens with one attached hydrogen (secondary N) is 1. The molecule has 0 saturated carbocycles. The quantitative estimate of drug-likeness (QED) is 0.403. The molecule has 1 N–H and O–H groups in total. The van der Waals surface area contributed by atoms with Crippen LogP contribution in [0.1, 0.15) is 11.3 Å². The first-order valence-corrected chi connectivity index (χ1v) is 10.6. The second-order valence-electron chi connectivity index (χ2n) is 6.63. The second-order valence-corrected chi connectivity index (χ2v) is 7.57. The van der Waals surface area contributed by atoms with Crippen molar-refractivity contribution in [3.05, 3.63) is 78.5 Å². The topological polar surface area (TPSA) is 95.1 Å². The van der Waals surface area contributed by atoms with Crippen LogP contribution in [0.5, 0.6) is 5.75 Å². The van der Waals surface area contributed by atoms with E-state index in [-0.39, 0.29) is 11.7 Å². The van der Waals surface area contributed by atoms with Gasteiger partial charge in [0.2, 0.25) is 5.91 Å². The van der Waals surface area contributed by atoms with E-state index < -0.39 is 0 Å². The molecule has 0 fully saturated rings. The number of nitrogens with zero attached hydrogens (tertiary/aromatic N) is 4. The number of carbonyl (C=O) groups excluding carboxylic acids is 1. The molecule has 0 aliphatic heterocycles. The lowest BCUT2D eigenvalue weighted by atomic mass is 10.2. The number of pyridine rings is 1. The summed E-state index contributed by atoms with van der Waals surface area (Å²) in [6.45, 7) is 0.906. The van der Waals surface area contributed by atoms with Gasteiger partial charge in [-0.2, -0.15) is 0 Å². The Balaban J connectivity index is 1.42. The average molecular weight is 436 g/mol. The van der Waals surface area contributed by atoms with E-state index in [1.165, 1.54) is 11.8 Å². The molecule has 3 aromatic heterocycles. The smallest absolute Gasteiger partial charge is 0.230 e. The minimum atomic E-state index is -0.0868. The van der Waals surface area contributed by atoms with Gasteiger partial charge < -0.3 is 14.5 Å². The number of hydrogen-bond donors (Lipinski definition) is 1. The number of rotatable bonds is 9. The highest BCUT2D eigenvalue weighted by Crippen LogP contribution is 2.24. The highest BCUT2D eigenvalue weighted by atomic mass is 32.2.